The van der Waals surface area contributed by atoms with E-state index in [4.69, 9.17) is 11.6 Å². The molecule has 0 aromatic heterocycles. The smallest absolute Gasteiger partial charge is 0.254 e. The molecule has 2 N–H and O–H groups in total. The van der Waals surface area contributed by atoms with Gasteiger partial charge in [-0.1, -0.05) is 24.6 Å². The first-order chi connectivity index (χ1) is 9.02. The third kappa shape index (κ3) is 4.08. The third-order valence-corrected chi connectivity index (χ3v) is 3.85. The van der Waals surface area contributed by atoms with E-state index >= 15 is 0 Å². The summed E-state index contributed by atoms with van der Waals surface area (Å²) in [6.07, 6.45) is 2.15. The maximum atomic E-state index is 13.7. The minimum Gasteiger partial charge on any atom is -0.351 e. The predicted molar refractivity (Wildman–Crippen MR) is 81.2 cm³/mol. The third-order valence-electron chi connectivity index (χ3n) is 3.56. The number of piperidine rings is 1. The highest BCUT2D eigenvalue weighted by molar-refractivity contribution is 6.31. The fourth-order valence-electron chi connectivity index (χ4n) is 2.34. The minimum absolute atomic E-state index is 0. The second-order valence-electron chi connectivity index (χ2n) is 5.38. The Bertz CT molecular complexity index is 476. The Labute approximate surface area is 129 Å². The quantitative estimate of drug-likeness (QED) is 0.898. The molecule has 1 atom stereocenters. The molecule has 20 heavy (non-hydrogen) atoms. The molecule has 1 amide bonds. The summed E-state index contributed by atoms with van der Waals surface area (Å²) in [5.41, 5.74) is 0.0306. The summed E-state index contributed by atoms with van der Waals surface area (Å²) >= 11 is 5.67. The summed E-state index contributed by atoms with van der Waals surface area (Å²) < 4.78 is 13.7. The lowest BCUT2D eigenvalue weighted by molar-refractivity contribution is 0.0920. The molecule has 0 bridgehead atoms. The van der Waals surface area contributed by atoms with Crippen molar-refractivity contribution in [2.24, 2.45) is 5.41 Å². The van der Waals surface area contributed by atoms with Crippen molar-refractivity contribution >= 4 is 29.9 Å². The van der Waals surface area contributed by atoms with Crippen molar-refractivity contribution in [3.05, 3.63) is 34.6 Å². The van der Waals surface area contributed by atoms with Crippen LogP contribution in [0, 0.1) is 11.2 Å². The molecule has 0 radical (unpaired) electrons. The average molecular weight is 321 g/mol. The summed E-state index contributed by atoms with van der Waals surface area (Å²) in [7, 11) is 0. The van der Waals surface area contributed by atoms with Gasteiger partial charge in [0.2, 0.25) is 0 Å². The molecule has 2 rings (SSSR count). The molecule has 3 nitrogen and oxygen atoms in total. The number of halogens is 3. The standard InChI is InChI=1S/C14H18ClFN2O.ClH/c1-14(6-3-7-17-8-14)9-18-13(19)10-4-2-5-11(15)12(10)16;/h2,4-5,17H,3,6-9H2,1H3,(H,18,19);1H. The SMILES string of the molecule is CC1(CNC(=O)c2cccc(Cl)c2F)CCCNC1.Cl. The Morgan fingerprint density at radius 1 is 1.55 bits per heavy atom. The van der Waals surface area contributed by atoms with Gasteiger partial charge in [-0.3, -0.25) is 4.79 Å². The maximum Gasteiger partial charge on any atom is 0.254 e. The molecule has 1 aliphatic rings. The number of carbonyl (C=O) groups is 1. The van der Waals surface area contributed by atoms with Crippen LogP contribution < -0.4 is 10.6 Å². The first kappa shape index (κ1) is 17.2. The van der Waals surface area contributed by atoms with Crippen LogP contribution in [0.3, 0.4) is 0 Å². The lowest BCUT2D eigenvalue weighted by atomic mass is 9.83. The second kappa shape index (κ2) is 7.25. The van der Waals surface area contributed by atoms with Crippen molar-refractivity contribution < 1.29 is 9.18 Å². The van der Waals surface area contributed by atoms with Gasteiger partial charge in [0.15, 0.2) is 5.82 Å². The van der Waals surface area contributed by atoms with Crippen molar-refractivity contribution in [2.45, 2.75) is 19.8 Å². The molecule has 0 aliphatic carbocycles. The molecule has 1 unspecified atom stereocenters. The summed E-state index contributed by atoms with van der Waals surface area (Å²) in [5, 5.41) is 6.08. The minimum atomic E-state index is -0.659. The molecular weight excluding hydrogens is 302 g/mol. The van der Waals surface area contributed by atoms with E-state index in [1.165, 1.54) is 12.1 Å². The van der Waals surface area contributed by atoms with Crippen LogP contribution in [0.25, 0.3) is 0 Å². The van der Waals surface area contributed by atoms with E-state index in [1.807, 2.05) is 0 Å². The number of hydrogen-bond donors (Lipinski definition) is 2. The fourth-order valence-corrected chi connectivity index (χ4v) is 2.51. The van der Waals surface area contributed by atoms with Gasteiger partial charge in [0.05, 0.1) is 10.6 Å². The lowest BCUT2D eigenvalue weighted by Gasteiger charge is -2.34. The molecule has 0 spiro atoms. The van der Waals surface area contributed by atoms with Gasteiger partial charge in [-0.2, -0.15) is 0 Å². The van der Waals surface area contributed by atoms with Crippen LogP contribution in [0.5, 0.6) is 0 Å². The zero-order valence-electron chi connectivity index (χ0n) is 11.3. The van der Waals surface area contributed by atoms with Crippen LogP contribution in [0.4, 0.5) is 4.39 Å². The monoisotopic (exact) mass is 320 g/mol. The van der Waals surface area contributed by atoms with E-state index in [0.29, 0.717) is 6.54 Å². The van der Waals surface area contributed by atoms with Gasteiger partial charge in [-0.25, -0.2) is 4.39 Å². The highest BCUT2D eigenvalue weighted by Gasteiger charge is 2.27. The van der Waals surface area contributed by atoms with Gasteiger partial charge >= 0.3 is 0 Å². The molecule has 1 heterocycles. The van der Waals surface area contributed by atoms with Crippen molar-refractivity contribution in [3.63, 3.8) is 0 Å². The van der Waals surface area contributed by atoms with E-state index in [2.05, 4.69) is 17.6 Å². The Morgan fingerprint density at radius 2 is 2.30 bits per heavy atom. The van der Waals surface area contributed by atoms with Gasteiger partial charge in [0, 0.05) is 13.1 Å². The fraction of sp³-hybridized carbons (Fsp3) is 0.500. The van der Waals surface area contributed by atoms with Crippen molar-refractivity contribution in [1.29, 1.82) is 0 Å². The van der Waals surface area contributed by atoms with E-state index in [0.717, 1.165) is 25.9 Å². The topological polar surface area (TPSA) is 41.1 Å². The first-order valence-corrected chi connectivity index (χ1v) is 6.83. The maximum absolute atomic E-state index is 13.7. The summed E-state index contributed by atoms with van der Waals surface area (Å²) in [4.78, 5) is 12.0. The van der Waals surface area contributed by atoms with Gasteiger partial charge in [0.1, 0.15) is 0 Å². The molecule has 1 aliphatic heterocycles. The number of carbonyl (C=O) groups excluding carboxylic acids is 1. The molecule has 1 fully saturated rings. The molecule has 0 saturated carbocycles. The normalized spacial score (nSPS) is 21.9. The molecule has 1 aromatic carbocycles. The molecule has 1 aromatic rings. The summed E-state index contributed by atoms with van der Waals surface area (Å²) in [6, 6.07) is 4.45. The van der Waals surface area contributed by atoms with E-state index < -0.39 is 11.7 Å². The van der Waals surface area contributed by atoms with Crippen LogP contribution >= 0.6 is 24.0 Å². The Kier molecular flexibility index (Phi) is 6.24. The first-order valence-electron chi connectivity index (χ1n) is 6.45. The van der Waals surface area contributed by atoms with Crippen molar-refractivity contribution in [2.75, 3.05) is 19.6 Å². The van der Waals surface area contributed by atoms with Gasteiger partial charge in [-0.15, -0.1) is 12.4 Å². The highest BCUT2D eigenvalue weighted by Crippen LogP contribution is 2.24. The number of nitrogens with one attached hydrogen (secondary N) is 2. The van der Waals surface area contributed by atoms with E-state index in [-0.39, 0.29) is 28.4 Å². The van der Waals surface area contributed by atoms with Crippen LogP contribution in [0.2, 0.25) is 5.02 Å². The van der Waals surface area contributed by atoms with Crippen LogP contribution in [-0.4, -0.2) is 25.5 Å². The number of amides is 1. The average Bonchev–Trinajstić information content (AvgIpc) is 2.40. The van der Waals surface area contributed by atoms with Gasteiger partial charge in [-0.05, 0) is 36.9 Å². The Morgan fingerprint density at radius 3 is 2.95 bits per heavy atom. The molecular formula is C14H19Cl2FN2O. The zero-order valence-corrected chi connectivity index (χ0v) is 12.9. The lowest BCUT2D eigenvalue weighted by Crippen LogP contribution is -2.45. The number of benzene rings is 1. The predicted octanol–water partition coefficient (Wildman–Crippen LogP) is 3.02. The second-order valence-corrected chi connectivity index (χ2v) is 5.78. The number of rotatable bonds is 3. The van der Waals surface area contributed by atoms with E-state index in [1.54, 1.807) is 6.07 Å². The van der Waals surface area contributed by atoms with Gasteiger partial charge < -0.3 is 10.6 Å². The Balaban J connectivity index is 0.00000200. The number of hydrogen-bond acceptors (Lipinski definition) is 2. The van der Waals surface area contributed by atoms with Crippen LogP contribution in [0.15, 0.2) is 18.2 Å². The molecule has 6 heteroatoms. The van der Waals surface area contributed by atoms with Crippen LogP contribution in [-0.2, 0) is 0 Å². The van der Waals surface area contributed by atoms with Gasteiger partial charge in [0.25, 0.3) is 5.91 Å². The van der Waals surface area contributed by atoms with Crippen molar-refractivity contribution in [3.8, 4) is 0 Å². The largest absolute Gasteiger partial charge is 0.351 e. The molecule has 1 saturated heterocycles. The van der Waals surface area contributed by atoms with E-state index in [9.17, 15) is 9.18 Å². The van der Waals surface area contributed by atoms with Crippen molar-refractivity contribution in [1.82, 2.24) is 10.6 Å². The summed E-state index contributed by atoms with van der Waals surface area (Å²) in [5.74, 6) is -1.07. The highest BCUT2D eigenvalue weighted by atomic mass is 35.5. The summed E-state index contributed by atoms with van der Waals surface area (Å²) in [6.45, 7) is 4.54. The zero-order chi connectivity index (χ0) is 13.9. The molecule has 112 valence electrons. The Hall–Kier alpha value is -0.840. The van der Waals surface area contributed by atoms with Crippen LogP contribution in [0.1, 0.15) is 30.1 Å².